The molecule has 0 radical (unpaired) electrons. The van der Waals surface area contributed by atoms with Gasteiger partial charge in [-0.2, -0.15) is 21.0 Å². The van der Waals surface area contributed by atoms with E-state index in [1.165, 1.54) is 24.3 Å². The van der Waals surface area contributed by atoms with Crippen LogP contribution in [0.2, 0.25) is 0 Å². The average molecular weight is 145 g/mol. The summed E-state index contributed by atoms with van der Waals surface area (Å²) in [6, 6.07) is 4.27. The SMILES string of the molecule is N#CC(N)C(C#N)(C#N)C#N. The summed E-state index contributed by atoms with van der Waals surface area (Å²) in [5.74, 6) is 0. The Hall–Kier alpha value is -2.08. The third-order valence-corrected chi connectivity index (χ3v) is 1.13. The van der Waals surface area contributed by atoms with Gasteiger partial charge in [-0.1, -0.05) is 0 Å². The quantitative estimate of drug-likeness (QED) is 0.527. The van der Waals surface area contributed by atoms with Gasteiger partial charge in [0.1, 0.15) is 24.2 Å². The van der Waals surface area contributed by atoms with Crippen LogP contribution in [-0.2, 0) is 0 Å². The Balaban J connectivity index is 5.01. The molecule has 5 heteroatoms. The standard InChI is InChI=1S/C6H3N5/c7-1-5(11)6(2-8,3-9)4-10/h5H,11H2. The summed E-state index contributed by atoms with van der Waals surface area (Å²) in [5.41, 5.74) is 3.02. The lowest BCUT2D eigenvalue weighted by Crippen LogP contribution is -2.37. The molecule has 0 fully saturated rings. The highest BCUT2D eigenvalue weighted by Gasteiger charge is 2.38. The van der Waals surface area contributed by atoms with E-state index in [2.05, 4.69) is 0 Å². The monoisotopic (exact) mass is 145 g/mol. The second kappa shape index (κ2) is 3.18. The molecule has 0 saturated carbocycles. The van der Waals surface area contributed by atoms with Crippen LogP contribution in [0.15, 0.2) is 0 Å². The Bertz CT molecular complexity index is 268. The number of hydrogen-bond acceptors (Lipinski definition) is 5. The zero-order valence-electron chi connectivity index (χ0n) is 5.44. The van der Waals surface area contributed by atoms with Crippen LogP contribution < -0.4 is 5.73 Å². The van der Waals surface area contributed by atoms with Gasteiger partial charge in [0.25, 0.3) is 5.41 Å². The first-order valence-corrected chi connectivity index (χ1v) is 2.56. The van der Waals surface area contributed by atoms with Crippen LogP contribution >= 0.6 is 0 Å². The molecular formula is C6H3N5. The molecule has 2 N–H and O–H groups in total. The Kier molecular flexibility index (Phi) is 2.58. The van der Waals surface area contributed by atoms with E-state index >= 15 is 0 Å². The first-order chi connectivity index (χ1) is 5.16. The van der Waals surface area contributed by atoms with E-state index in [1.54, 1.807) is 0 Å². The predicted molar refractivity (Wildman–Crippen MR) is 32.9 cm³/mol. The minimum absolute atomic E-state index is 1.39. The second-order valence-electron chi connectivity index (χ2n) is 1.75. The molecule has 0 heterocycles. The van der Waals surface area contributed by atoms with Crippen molar-refractivity contribution in [3.63, 3.8) is 0 Å². The summed E-state index contributed by atoms with van der Waals surface area (Å²) in [6.45, 7) is 0. The predicted octanol–water partition coefficient (Wildman–Crippen LogP) is -0.606. The van der Waals surface area contributed by atoms with Crippen LogP contribution in [0.5, 0.6) is 0 Å². The summed E-state index contributed by atoms with van der Waals surface area (Å²) in [5, 5.41) is 33.3. The van der Waals surface area contributed by atoms with E-state index in [4.69, 9.17) is 26.8 Å². The molecule has 0 aliphatic carbocycles. The molecule has 0 amide bonds. The Morgan fingerprint density at radius 3 is 1.45 bits per heavy atom. The largest absolute Gasteiger partial charge is 0.313 e. The van der Waals surface area contributed by atoms with Crippen molar-refractivity contribution < 1.29 is 0 Å². The van der Waals surface area contributed by atoms with Crippen LogP contribution in [0.1, 0.15) is 0 Å². The summed E-state index contributed by atoms with van der Waals surface area (Å²) >= 11 is 0. The fourth-order valence-corrected chi connectivity index (χ4v) is 0.380. The molecule has 0 aromatic rings. The van der Waals surface area contributed by atoms with Gasteiger partial charge in [-0.15, -0.1) is 0 Å². The number of nitriles is 4. The molecule has 0 bridgehead atoms. The minimum atomic E-state index is -2.03. The maximum absolute atomic E-state index is 8.35. The first-order valence-electron chi connectivity index (χ1n) is 2.56. The molecule has 0 spiro atoms. The minimum Gasteiger partial charge on any atom is -0.313 e. The van der Waals surface area contributed by atoms with E-state index in [9.17, 15) is 0 Å². The van der Waals surface area contributed by atoms with Crippen LogP contribution in [0, 0.1) is 50.7 Å². The van der Waals surface area contributed by atoms with Gasteiger partial charge in [-0.3, -0.25) is 0 Å². The third-order valence-electron chi connectivity index (χ3n) is 1.13. The number of hydrogen-bond donors (Lipinski definition) is 1. The molecule has 0 rings (SSSR count). The molecule has 0 saturated heterocycles. The molecule has 5 nitrogen and oxygen atoms in total. The van der Waals surface area contributed by atoms with Crippen molar-refractivity contribution in [2.45, 2.75) is 6.04 Å². The highest BCUT2D eigenvalue weighted by Crippen LogP contribution is 2.16. The summed E-state index contributed by atoms with van der Waals surface area (Å²) in [7, 11) is 0. The van der Waals surface area contributed by atoms with Crippen LogP contribution in [0.4, 0.5) is 0 Å². The summed E-state index contributed by atoms with van der Waals surface area (Å²) in [4.78, 5) is 0. The van der Waals surface area contributed by atoms with Gasteiger partial charge >= 0.3 is 0 Å². The molecule has 52 valence electrons. The van der Waals surface area contributed by atoms with Crippen molar-refractivity contribution in [1.82, 2.24) is 0 Å². The average Bonchev–Trinajstić information content (AvgIpc) is 2.08. The van der Waals surface area contributed by atoms with E-state index in [0.717, 1.165) is 0 Å². The number of nitrogens with two attached hydrogens (primary N) is 1. The lowest BCUT2D eigenvalue weighted by molar-refractivity contribution is 0.599. The highest BCUT2D eigenvalue weighted by molar-refractivity contribution is 5.33. The van der Waals surface area contributed by atoms with Crippen molar-refractivity contribution in [2.75, 3.05) is 0 Å². The van der Waals surface area contributed by atoms with Crippen molar-refractivity contribution in [3.05, 3.63) is 0 Å². The van der Waals surface area contributed by atoms with Crippen LogP contribution in [0.25, 0.3) is 0 Å². The van der Waals surface area contributed by atoms with Gasteiger partial charge in [0.15, 0.2) is 0 Å². The van der Waals surface area contributed by atoms with E-state index in [0.29, 0.717) is 0 Å². The smallest absolute Gasteiger partial charge is 0.256 e. The third kappa shape index (κ3) is 1.25. The van der Waals surface area contributed by atoms with E-state index in [1.807, 2.05) is 0 Å². The molecule has 0 aliphatic heterocycles. The first kappa shape index (κ1) is 8.92. The van der Waals surface area contributed by atoms with Crippen molar-refractivity contribution in [2.24, 2.45) is 11.1 Å². The van der Waals surface area contributed by atoms with Gasteiger partial charge in [-0.05, 0) is 0 Å². The van der Waals surface area contributed by atoms with Gasteiger partial charge in [0.2, 0.25) is 0 Å². The topological polar surface area (TPSA) is 121 Å². The Labute approximate surface area is 63.5 Å². The summed E-state index contributed by atoms with van der Waals surface area (Å²) < 4.78 is 0. The Morgan fingerprint density at radius 1 is 1.00 bits per heavy atom. The molecule has 1 atom stereocenters. The fourth-order valence-electron chi connectivity index (χ4n) is 0.380. The molecule has 1 unspecified atom stereocenters. The van der Waals surface area contributed by atoms with Gasteiger partial charge < -0.3 is 5.73 Å². The van der Waals surface area contributed by atoms with Crippen molar-refractivity contribution in [3.8, 4) is 24.3 Å². The van der Waals surface area contributed by atoms with Gasteiger partial charge in [-0.25, -0.2) is 0 Å². The lowest BCUT2D eigenvalue weighted by atomic mass is 9.86. The lowest BCUT2D eigenvalue weighted by Gasteiger charge is -2.09. The molecule has 0 aliphatic rings. The second-order valence-corrected chi connectivity index (χ2v) is 1.75. The summed E-state index contributed by atoms with van der Waals surface area (Å²) in [6.07, 6.45) is 0. The molecular weight excluding hydrogens is 142 g/mol. The van der Waals surface area contributed by atoms with Crippen molar-refractivity contribution in [1.29, 1.82) is 21.0 Å². The normalized spacial score (nSPS) is 11.4. The molecule has 11 heavy (non-hydrogen) atoms. The zero-order chi connectivity index (χ0) is 8.91. The molecule has 0 aromatic heterocycles. The van der Waals surface area contributed by atoms with Crippen molar-refractivity contribution >= 4 is 0 Å². The molecule has 0 aromatic carbocycles. The number of nitrogens with zero attached hydrogens (tertiary/aromatic N) is 4. The van der Waals surface area contributed by atoms with Gasteiger partial charge in [0.05, 0.1) is 6.07 Å². The maximum Gasteiger partial charge on any atom is 0.256 e. The van der Waals surface area contributed by atoms with Crippen LogP contribution in [-0.4, -0.2) is 6.04 Å². The fraction of sp³-hybridized carbons (Fsp3) is 0.333. The maximum atomic E-state index is 8.35. The zero-order valence-corrected chi connectivity index (χ0v) is 5.44. The van der Waals surface area contributed by atoms with E-state index < -0.39 is 11.5 Å². The van der Waals surface area contributed by atoms with Gasteiger partial charge in [0, 0.05) is 0 Å². The highest BCUT2D eigenvalue weighted by atomic mass is 14.7. The number of rotatable bonds is 1. The Morgan fingerprint density at radius 2 is 1.36 bits per heavy atom. The van der Waals surface area contributed by atoms with E-state index in [-0.39, 0.29) is 0 Å². The van der Waals surface area contributed by atoms with Crippen LogP contribution in [0.3, 0.4) is 0 Å².